The number of benzene rings is 2. The SMILES string of the molecule is CN(Cc1c(F)cccc1Cl)S(=O)(=O)N1CC[C@@H]1c1ccccc1F. The van der Waals surface area contributed by atoms with Crippen LogP contribution in [0.25, 0.3) is 0 Å². The summed E-state index contributed by atoms with van der Waals surface area (Å²) in [6.07, 6.45) is 0.536. The molecular weight excluding hydrogens is 370 g/mol. The van der Waals surface area contributed by atoms with Gasteiger partial charge < -0.3 is 0 Å². The Balaban J connectivity index is 1.83. The molecule has 0 amide bonds. The molecule has 3 rings (SSSR count). The summed E-state index contributed by atoms with van der Waals surface area (Å²) in [5.41, 5.74) is 0.452. The average Bonchev–Trinajstić information content (AvgIpc) is 2.51. The van der Waals surface area contributed by atoms with Crippen molar-refractivity contribution in [3.63, 3.8) is 0 Å². The maximum atomic E-state index is 14.0. The van der Waals surface area contributed by atoms with E-state index in [9.17, 15) is 17.2 Å². The summed E-state index contributed by atoms with van der Waals surface area (Å²) in [7, 11) is -2.52. The molecule has 0 unspecified atom stereocenters. The fourth-order valence-corrected chi connectivity index (χ4v) is 4.61. The van der Waals surface area contributed by atoms with E-state index in [1.54, 1.807) is 18.2 Å². The van der Waals surface area contributed by atoms with Crippen LogP contribution in [0.4, 0.5) is 8.78 Å². The summed E-state index contributed by atoms with van der Waals surface area (Å²) < 4.78 is 55.7. The van der Waals surface area contributed by atoms with E-state index >= 15 is 0 Å². The van der Waals surface area contributed by atoms with Crippen LogP contribution >= 0.6 is 11.6 Å². The first-order chi connectivity index (χ1) is 11.8. The summed E-state index contributed by atoms with van der Waals surface area (Å²) in [6.45, 7) is 0.0883. The van der Waals surface area contributed by atoms with Gasteiger partial charge in [-0.3, -0.25) is 0 Å². The summed E-state index contributed by atoms with van der Waals surface area (Å²) in [5.74, 6) is -1.00. The summed E-state index contributed by atoms with van der Waals surface area (Å²) in [5, 5.41) is 0.163. The van der Waals surface area contributed by atoms with Gasteiger partial charge in [0, 0.05) is 36.3 Å². The van der Waals surface area contributed by atoms with Crippen LogP contribution in [0.2, 0.25) is 5.02 Å². The molecule has 8 heteroatoms. The predicted octanol–water partition coefficient (Wildman–Crippen LogP) is 3.74. The quantitative estimate of drug-likeness (QED) is 0.785. The monoisotopic (exact) mass is 386 g/mol. The van der Waals surface area contributed by atoms with E-state index in [4.69, 9.17) is 11.6 Å². The third-order valence-corrected chi connectivity index (χ3v) is 6.67. The van der Waals surface area contributed by atoms with Crippen LogP contribution in [-0.4, -0.2) is 30.6 Å². The first-order valence-corrected chi connectivity index (χ1v) is 9.50. The van der Waals surface area contributed by atoms with Gasteiger partial charge in [0.2, 0.25) is 0 Å². The average molecular weight is 387 g/mol. The first kappa shape index (κ1) is 18.3. The van der Waals surface area contributed by atoms with Gasteiger partial charge in [-0.1, -0.05) is 35.9 Å². The standard InChI is InChI=1S/C17H17ClF2N2O2S/c1-21(11-13-14(18)6-4-8-16(13)20)25(23,24)22-10-9-17(22)12-5-2-3-7-15(12)19/h2-8,17H,9-11H2,1H3/t17-/m1/s1. The molecule has 0 aromatic heterocycles. The highest BCUT2D eigenvalue weighted by Gasteiger charge is 2.41. The number of rotatable bonds is 5. The van der Waals surface area contributed by atoms with Crippen molar-refractivity contribution in [2.45, 2.75) is 19.0 Å². The zero-order valence-electron chi connectivity index (χ0n) is 13.5. The topological polar surface area (TPSA) is 40.6 Å². The van der Waals surface area contributed by atoms with Crippen molar-refractivity contribution in [1.29, 1.82) is 0 Å². The van der Waals surface area contributed by atoms with Crippen LogP contribution in [0.3, 0.4) is 0 Å². The Labute approximate surface area is 150 Å². The lowest BCUT2D eigenvalue weighted by Crippen LogP contribution is -2.50. The van der Waals surface area contributed by atoms with E-state index in [2.05, 4.69) is 0 Å². The number of nitrogens with zero attached hydrogens (tertiary/aromatic N) is 2. The predicted molar refractivity (Wildman–Crippen MR) is 92.3 cm³/mol. The second-order valence-electron chi connectivity index (χ2n) is 5.90. The van der Waals surface area contributed by atoms with Gasteiger partial charge in [-0.25, -0.2) is 8.78 Å². The Morgan fingerprint density at radius 3 is 2.44 bits per heavy atom. The van der Waals surface area contributed by atoms with Crippen molar-refractivity contribution in [3.05, 3.63) is 70.2 Å². The van der Waals surface area contributed by atoms with Crippen molar-refractivity contribution in [2.24, 2.45) is 0 Å². The largest absolute Gasteiger partial charge is 0.282 e. The molecule has 0 saturated carbocycles. The number of hydrogen-bond donors (Lipinski definition) is 0. The van der Waals surface area contributed by atoms with E-state index in [-0.39, 0.29) is 23.7 Å². The van der Waals surface area contributed by atoms with E-state index < -0.39 is 27.9 Å². The molecule has 0 radical (unpaired) electrons. The molecule has 134 valence electrons. The molecule has 0 aliphatic carbocycles. The maximum Gasteiger partial charge on any atom is 0.282 e. The molecule has 0 bridgehead atoms. The molecule has 1 heterocycles. The molecule has 1 saturated heterocycles. The normalized spacial score (nSPS) is 18.4. The molecule has 25 heavy (non-hydrogen) atoms. The van der Waals surface area contributed by atoms with Crippen molar-refractivity contribution in [1.82, 2.24) is 8.61 Å². The summed E-state index contributed by atoms with van der Waals surface area (Å²) >= 11 is 5.97. The second kappa shape index (κ2) is 6.99. The molecular formula is C17H17ClF2N2O2S. The third kappa shape index (κ3) is 3.42. The van der Waals surface area contributed by atoms with Gasteiger partial charge in [0.25, 0.3) is 10.2 Å². The van der Waals surface area contributed by atoms with Gasteiger partial charge in [0.05, 0.1) is 6.04 Å². The Kier molecular flexibility index (Phi) is 5.11. The minimum atomic E-state index is -3.87. The van der Waals surface area contributed by atoms with Gasteiger partial charge in [0.15, 0.2) is 0 Å². The number of halogens is 3. The van der Waals surface area contributed by atoms with Gasteiger partial charge in [-0.15, -0.1) is 0 Å². The zero-order valence-corrected chi connectivity index (χ0v) is 15.1. The minimum absolute atomic E-state index is 0.109. The van der Waals surface area contributed by atoms with Crippen molar-refractivity contribution in [2.75, 3.05) is 13.6 Å². The van der Waals surface area contributed by atoms with Gasteiger partial charge in [-0.2, -0.15) is 17.0 Å². The van der Waals surface area contributed by atoms with Crippen LogP contribution in [0, 0.1) is 11.6 Å². The molecule has 0 N–H and O–H groups in total. The highest BCUT2D eigenvalue weighted by Crippen LogP contribution is 2.38. The Hall–Kier alpha value is -1.54. The lowest BCUT2D eigenvalue weighted by molar-refractivity contribution is 0.183. The van der Waals surface area contributed by atoms with Gasteiger partial charge in [-0.05, 0) is 24.6 Å². The van der Waals surface area contributed by atoms with E-state index in [0.29, 0.717) is 12.0 Å². The van der Waals surface area contributed by atoms with Gasteiger partial charge >= 0.3 is 0 Å². The zero-order chi connectivity index (χ0) is 18.2. The molecule has 1 fully saturated rings. The fourth-order valence-electron chi connectivity index (χ4n) is 2.86. The Bertz CT molecular complexity index is 872. The molecule has 2 aromatic rings. The van der Waals surface area contributed by atoms with Gasteiger partial charge in [0.1, 0.15) is 11.6 Å². The molecule has 4 nitrogen and oxygen atoms in total. The first-order valence-electron chi connectivity index (χ1n) is 7.73. The van der Waals surface area contributed by atoms with Crippen LogP contribution in [0.1, 0.15) is 23.6 Å². The molecule has 0 spiro atoms. The van der Waals surface area contributed by atoms with Crippen LogP contribution in [0.5, 0.6) is 0 Å². The highest BCUT2D eigenvalue weighted by atomic mass is 35.5. The third-order valence-electron chi connectivity index (χ3n) is 4.37. The van der Waals surface area contributed by atoms with E-state index in [1.165, 1.54) is 35.6 Å². The maximum absolute atomic E-state index is 14.0. The fraction of sp³-hybridized carbons (Fsp3) is 0.294. The summed E-state index contributed by atoms with van der Waals surface area (Å²) in [6, 6.07) is 9.76. The molecule has 1 aliphatic rings. The molecule has 2 aromatic carbocycles. The van der Waals surface area contributed by atoms with E-state index in [0.717, 1.165) is 4.31 Å². The number of hydrogen-bond acceptors (Lipinski definition) is 2. The van der Waals surface area contributed by atoms with Crippen LogP contribution < -0.4 is 0 Å². The van der Waals surface area contributed by atoms with Crippen molar-refractivity contribution < 1.29 is 17.2 Å². The van der Waals surface area contributed by atoms with E-state index in [1.807, 2.05) is 0 Å². The Morgan fingerprint density at radius 2 is 1.84 bits per heavy atom. The Morgan fingerprint density at radius 1 is 1.16 bits per heavy atom. The highest BCUT2D eigenvalue weighted by molar-refractivity contribution is 7.86. The van der Waals surface area contributed by atoms with Crippen molar-refractivity contribution >= 4 is 21.8 Å². The molecule has 1 atom stereocenters. The lowest BCUT2D eigenvalue weighted by atomic mass is 9.97. The molecule has 1 aliphatic heterocycles. The van der Waals surface area contributed by atoms with Crippen LogP contribution in [-0.2, 0) is 16.8 Å². The second-order valence-corrected chi connectivity index (χ2v) is 8.30. The summed E-state index contributed by atoms with van der Waals surface area (Å²) in [4.78, 5) is 0. The van der Waals surface area contributed by atoms with Crippen molar-refractivity contribution in [3.8, 4) is 0 Å². The minimum Gasteiger partial charge on any atom is -0.207 e. The smallest absolute Gasteiger partial charge is 0.207 e. The lowest BCUT2D eigenvalue weighted by Gasteiger charge is -2.41. The van der Waals surface area contributed by atoms with Crippen LogP contribution in [0.15, 0.2) is 42.5 Å².